The first-order valence-electron chi connectivity index (χ1n) is 6.13. The Bertz CT molecular complexity index is 773. The number of aryl methyl sites for hydroxylation is 2. The molecular formula is C15H12Br2N2S. The van der Waals surface area contributed by atoms with Crippen LogP contribution in [0.1, 0.15) is 11.1 Å². The molecule has 0 aliphatic rings. The molecule has 0 bridgehead atoms. The number of nitrogens with one attached hydrogen (secondary N) is 1. The number of nitrogens with zero attached hydrogens (tertiary/aromatic N) is 1. The largest absolute Gasteiger partial charge is 0.331 e. The van der Waals surface area contributed by atoms with Crippen LogP contribution in [-0.4, -0.2) is 4.98 Å². The molecule has 2 nitrogen and oxygen atoms in total. The zero-order valence-corrected chi connectivity index (χ0v) is 15.0. The molecule has 0 fully saturated rings. The summed E-state index contributed by atoms with van der Waals surface area (Å²) >= 11 is 8.67. The zero-order valence-electron chi connectivity index (χ0n) is 11.0. The molecule has 20 heavy (non-hydrogen) atoms. The van der Waals surface area contributed by atoms with Gasteiger partial charge >= 0.3 is 0 Å². The molecular weight excluding hydrogens is 400 g/mol. The molecule has 1 heterocycles. The Kier molecular flexibility index (Phi) is 3.84. The maximum Gasteiger partial charge on any atom is 0.188 e. The molecule has 1 aromatic heterocycles. The molecule has 0 amide bonds. The fourth-order valence-corrected chi connectivity index (χ4v) is 4.06. The number of aromatic nitrogens is 1. The Morgan fingerprint density at radius 2 is 1.70 bits per heavy atom. The maximum absolute atomic E-state index is 4.64. The maximum atomic E-state index is 4.64. The monoisotopic (exact) mass is 410 g/mol. The summed E-state index contributed by atoms with van der Waals surface area (Å²) in [6.07, 6.45) is 0. The van der Waals surface area contributed by atoms with Crippen molar-refractivity contribution in [1.82, 2.24) is 4.98 Å². The van der Waals surface area contributed by atoms with E-state index < -0.39 is 0 Å². The van der Waals surface area contributed by atoms with E-state index in [0.29, 0.717) is 0 Å². The number of hydrogen-bond donors (Lipinski definition) is 1. The number of hydrogen-bond acceptors (Lipinski definition) is 3. The summed E-state index contributed by atoms with van der Waals surface area (Å²) in [5.74, 6) is 0. The van der Waals surface area contributed by atoms with Gasteiger partial charge in [-0.25, -0.2) is 4.98 Å². The van der Waals surface area contributed by atoms with Crippen molar-refractivity contribution < 1.29 is 0 Å². The predicted octanol–water partition coefficient (Wildman–Crippen LogP) is 6.18. The summed E-state index contributed by atoms with van der Waals surface area (Å²) < 4.78 is 3.34. The van der Waals surface area contributed by atoms with E-state index >= 15 is 0 Å². The second kappa shape index (κ2) is 5.47. The Hall–Kier alpha value is -0.910. The van der Waals surface area contributed by atoms with E-state index in [1.165, 1.54) is 15.8 Å². The third-order valence-corrected chi connectivity index (χ3v) is 4.98. The van der Waals surface area contributed by atoms with E-state index in [1.54, 1.807) is 11.3 Å². The minimum atomic E-state index is 0.923. The van der Waals surface area contributed by atoms with Crippen LogP contribution >= 0.6 is 43.2 Å². The van der Waals surface area contributed by atoms with Gasteiger partial charge in [0.25, 0.3) is 0 Å². The van der Waals surface area contributed by atoms with Crippen molar-refractivity contribution >= 4 is 64.2 Å². The van der Waals surface area contributed by atoms with Crippen molar-refractivity contribution in [3.63, 3.8) is 0 Å². The van der Waals surface area contributed by atoms with Crippen LogP contribution in [0.25, 0.3) is 10.2 Å². The van der Waals surface area contributed by atoms with Gasteiger partial charge in [0.1, 0.15) is 0 Å². The standard InChI is InChI=1S/C15H12Br2N2S/c1-8-5-11(17)6-9(2)14(8)19-15-18-12-7-10(16)3-4-13(12)20-15/h3-7H,1-2H3,(H,18,19). The molecule has 0 saturated heterocycles. The number of fused-ring (bicyclic) bond motifs is 1. The number of benzene rings is 2. The highest BCUT2D eigenvalue weighted by Crippen LogP contribution is 2.33. The second-order valence-corrected chi connectivity index (χ2v) is 7.53. The number of halogens is 2. The van der Waals surface area contributed by atoms with Crippen molar-refractivity contribution in [2.24, 2.45) is 0 Å². The molecule has 3 aromatic rings. The molecule has 1 N–H and O–H groups in total. The smallest absolute Gasteiger partial charge is 0.188 e. The summed E-state index contributed by atoms with van der Waals surface area (Å²) in [5, 5.41) is 4.37. The summed E-state index contributed by atoms with van der Waals surface area (Å²) in [7, 11) is 0. The molecule has 2 aromatic carbocycles. The van der Waals surface area contributed by atoms with Gasteiger partial charge < -0.3 is 5.32 Å². The summed E-state index contributed by atoms with van der Waals surface area (Å²) in [5.41, 5.74) is 4.56. The van der Waals surface area contributed by atoms with Crippen LogP contribution in [0.3, 0.4) is 0 Å². The Morgan fingerprint density at radius 3 is 2.40 bits per heavy atom. The molecule has 0 aliphatic carbocycles. The van der Waals surface area contributed by atoms with E-state index in [-0.39, 0.29) is 0 Å². The third kappa shape index (κ3) is 2.75. The van der Waals surface area contributed by atoms with Gasteiger partial charge in [0.15, 0.2) is 5.13 Å². The van der Waals surface area contributed by atoms with Crippen LogP contribution in [0.5, 0.6) is 0 Å². The van der Waals surface area contributed by atoms with Gasteiger partial charge in [0.05, 0.1) is 10.2 Å². The fourth-order valence-electron chi connectivity index (χ4n) is 2.17. The van der Waals surface area contributed by atoms with Crippen LogP contribution in [0.15, 0.2) is 39.3 Å². The highest BCUT2D eigenvalue weighted by Gasteiger charge is 2.08. The van der Waals surface area contributed by atoms with Crippen LogP contribution < -0.4 is 5.32 Å². The van der Waals surface area contributed by atoms with Crippen LogP contribution in [0.4, 0.5) is 10.8 Å². The Balaban J connectivity index is 2.01. The molecule has 102 valence electrons. The van der Waals surface area contributed by atoms with Crippen molar-refractivity contribution in [2.75, 3.05) is 5.32 Å². The van der Waals surface area contributed by atoms with E-state index in [0.717, 1.165) is 25.3 Å². The highest BCUT2D eigenvalue weighted by molar-refractivity contribution is 9.10. The van der Waals surface area contributed by atoms with Gasteiger partial charge in [-0.3, -0.25) is 0 Å². The van der Waals surface area contributed by atoms with Gasteiger partial charge in [-0.2, -0.15) is 0 Å². The molecule has 0 saturated carbocycles. The lowest BCUT2D eigenvalue weighted by Gasteiger charge is -2.11. The molecule has 0 radical (unpaired) electrons. The van der Waals surface area contributed by atoms with E-state index in [4.69, 9.17) is 0 Å². The molecule has 0 spiro atoms. The van der Waals surface area contributed by atoms with Crippen LogP contribution in [0.2, 0.25) is 0 Å². The quantitative estimate of drug-likeness (QED) is 0.544. The average Bonchev–Trinajstić information content (AvgIpc) is 2.75. The number of anilines is 2. The summed E-state index contributed by atoms with van der Waals surface area (Å²) in [6.45, 7) is 4.20. The molecule has 5 heteroatoms. The topological polar surface area (TPSA) is 24.9 Å². The third-order valence-electron chi connectivity index (χ3n) is 3.08. The fraction of sp³-hybridized carbons (Fsp3) is 0.133. The van der Waals surface area contributed by atoms with Gasteiger partial charge in [-0.15, -0.1) is 0 Å². The van der Waals surface area contributed by atoms with Crippen molar-refractivity contribution in [3.8, 4) is 0 Å². The van der Waals surface area contributed by atoms with Crippen molar-refractivity contribution in [1.29, 1.82) is 0 Å². The highest BCUT2D eigenvalue weighted by atomic mass is 79.9. The first-order chi connectivity index (χ1) is 9.52. The molecule has 3 rings (SSSR count). The molecule has 0 unspecified atom stereocenters. The number of thiazole rings is 1. The van der Waals surface area contributed by atoms with Crippen molar-refractivity contribution in [3.05, 3.63) is 50.4 Å². The first-order valence-corrected chi connectivity index (χ1v) is 8.53. The Morgan fingerprint density at radius 1 is 1.00 bits per heavy atom. The Labute approximate surface area is 138 Å². The summed E-state index contributed by atoms with van der Waals surface area (Å²) in [6, 6.07) is 10.4. The van der Waals surface area contributed by atoms with E-state index in [1.807, 2.05) is 12.1 Å². The molecule has 0 atom stereocenters. The summed E-state index contributed by atoms with van der Waals surface area (Å²) in [4.78, 5) is 4.64. The minimum absolute atomic E-state index is 0.923. The minimum Gasteiger partial charge on any atom is -0.331 e. The SMILES string of the molecule is Cc1cc(Br)cc(C)c1Nc1nc2cc(Br)ccc2s1. The molecule has 0 aliphatic heterocycles. The first kappa shape index (κ1) is 14.0. The zero-order chi connectivity index (χ0) is 14.3. The van der Waals surface area contributed by atoms with Gasteiger partial charge in [-0.05, 0) is 55.3 Å². The normalized spacial score (nSPS) is 11.0. The second-order valence-electron chi connectivity index (χ2n) is 4.67. The average molecular weight is 412 g/mol. The van der Waals surface area contributed by atoms with Gasteiger partial charge in [0, 0.05) is 14.6 Å². The lowest BCUT2D eigenvalue weighted by molar-refractivity contribution is 1.33. The van der Waals surface area contributed by atoms with Crippen LogP contribution in [0, 0.1) is 13.8 Å². The van der Waals surface area contributed by atoms with Crippen LogP contribution in [-0.2, 0) is 0 Å². The van der Waals surface area contributed by atoms with Gasteiger partial charge in [0.2, 0.25) is 0 Å². The van der Waals surface area contributed by atoms with Gasteiger partial charge in [-0.1, -0.05) is 43.2 Å². The van der Waals surface area contributed by atoms with E-state index in [9.17, 15) is 0 Å². The lowest BCUT2D eigenvalue weighted by atomic mass is 10.1. The van der Waals surface area contributed by atoms with Crippen molar-refractivity contribution in [2.45, 2.75) is 13.8 Å². The van der Waals surface area contributed by atoms with E-state index in [2.05, 4.69) is 74.2 Å². The predicted molar refractivity (Wildman–Crippen MR) is 94.2 cm³/mol. The lowest BCUT2D eigenvalue weighted by Crippen LogP contribution is -1.95. The number of rotatable bonds is 2.